The fourth-order valence-electron chi connectivity index (χ4n) is 4.07. The van der Waals surface area contributed by atoms with Crippen LogP contribution < -0.4 is 5.32 Å². The number of rotatable bonds is 7. The van der Waals surface area contributed by atoms with Gasteiger partial charge >= 0.3 is 6.03 Å². The van der Waals surface area contributed by atoms with Crippen LogP contribution in [0, 0.1) is 18.6 Å². The lowest BCUT2D eigenvalue weighted by Gasteiger charge is -2.35. The van der Waals surface area contributed by atoms with Gasteiger partial charge in [-0.05, 0) is 41.8 Å². The number of hydrogen-bond acceptors (Lipinski definition) is 3. The number of aryl methyl sites for hydroxylation is 1. The first kappa shape index (κ1) is 23.9. The van der Waals surface area contributed by atoms with E-state index in [0.29, 0.717) is 31.8 Å². The van der Waals surface area contributed by atoms with Gasteiger partial charge in [-0.15, -0.1) is 0 Å². The Labute approximate surface area is 198 Å². The molecule has 1 N–H and O–H groups in total. The SMILES string of the molecule is Cc1ccccc1NC(=O)N1CCN(CCO[C@H](c2ccccc2)c2ccc(F)c(F)c2)CC1. The minimum absolute atomic E-state index is 0.0901. The summed E-state index contributed by atoms with van der Waals surface area (Å²) in [4.78, 5) is 16.7. The van der Waals surface area contributed by atoms with E-state index in [1.807, 2.05) is 66.4 Å². The van der Waals surface area contributed by atoms with Crippen molar-refractivity contribution >= 4 is 11.7 Å². The molecule has 0 radical (unpaired) electrons. The largest absolute Gasteiger partial charge is 0.367 e. The predicted molar refractivity (Wildman–Crippen MR) is 129 cm³/mol. The Bertz CT molecular complexity index is 1100. The highest BCUT2D eigenvalue weighted by molar-refractivity contribution is 5.90. The standard InChI is InChI=1S/C27H29F2N3O2/c1-20-7-5-6-10-25(20)30-27(33)32-15-13-31(14-16-32)17-18-34-26(21-8-3-2-4-9-21)22-11-12-23(28)24(29)19-22/h2-12,19,26H,13-18H2,1H3,(H,30,33)/t26-/m1/s1. The molecule has 1 saturated heterocycles. The number of halogens is 2. The average molecular weight is 466 g/mol. The lowest BCUT2D eigenvalue weighted by atomic mass is 10.0. The monoisotopic (exact) mass is 465 g/mol. The van der Waals surface area contributed by atoms with Gasteiger partial charge in [0, 0.05) is 38.4 Å². The van der Waals surface area contributed by atoms with E-state index in [0.717, 1.165) is 36.0 Å². The second-order valence-electron chi connectivity index (χ2n) is 8.41. The van der Waals surface area contributed by atoms with E-state index < -0.39 is 17.7 Å². The first-order valence-corrected chi connectivity index (χ1v) is 11.5. The van der Waals surface area contributed by atoms with E-state index in [4.69, 9.17) is 4.74 Å². The third kappa shape index (κ3) is 5.98. The molecule has 0 spiro atoms. The number of carbonyl (C=O) groups is 1. The van der Waals surface area contributed by atoms with Crippen molar-refractivity contribution in [3.63, 3.8) is 0 Å². The van der Waals surface area contributed by atoms with Crippen molar-refractivity contribution in [3.8, 4) is 0 Å². The zero-order valence-electron chi connectivity index (χ0n) is 19.2. The van der Waals surface area contributed by atoms with Crippen molar-refractivity contribution < 1.29 is 18.3 Å². The molecule has 178 valence electrons. The van der Waals surface area contributed by atoms with Crippen LogP contribution in [0.4, 0.5) is 19.3 Å². The highest BCUT2D eigenvalue weighted by atomic mass is 19.2. The number of nitrogens with one attached hydrogen (secondary N) is 1. The molecule has 1 aliphatic heterocycles. The van der Waals surface area contributed by atoms with Gasteiger partial charge in [0.25, 0.3) is 0 Å². The van der Waals surface area contributed by atoms with Crippen molar-refractivity contribution in [2.75, 3.05) is 44.6 Å². The quantitative estimate of drug-likeness (QED) is 0.520. The summed E-state index contributed by atoms with van der Waals surface area (Å²) < 4.78 is 33.4. The maximum Gasteiger partial charge on any atom is 0.321 e. The van der Waals surface area contributed by atoms with Crippen LogP contribution in [0.25, 0.3) is 0 Å². The molecule has 3 aromatic carbocycles. The first-order chi connectivity index (χ1) is 16.5. The molecular formula is C27H29F2N3O2. The van der Waals surface area contributed by atoms with Gasteiger partial charge in [-0.2, -0.15) is 0 Å². The second-order valence-corrected chi connectivity index (χ2v) is 8.41. The van der Waals surface area contributed by atoms with E-state index in [9.17, 15) is 13.6 Å². The van der Waals surface area contributed by atoms with Crippen molar-refractivity contribution in [2.24, 2.45) is 0 Å². The normalized spacial score (nSPS) is 15.2. The van der Waals surface area contributed by atoms with Gasteiger partial charge in [0.05, 0.1) is 6.61 Å². The molecule has 4 rings (SSSR count). The molecule has 0 saturated carbocycles. The van der Waals surface area contributed by atoms with E-state index in [1.165, 1.54) is 6.07 Å². The van der Waals surface area contributed by atoms with Gasteiger partial charge in [0.2, 0.25) is 0 Å². The van der Waals surface area contributed by atoms with Crippen LogP contribution in [0.1, 0.15) is 22.8 Å². The number of carbonyl (C=O) groups excluding carboxylic acids is 1. The number of piperazine rings is 1. The molecule has 1 heterocycles. The molecule has 7 heteroatoms. The molecule has 5 nitrogen and oxygen atoms in total. The predicted octanol–water partition coefficient (Wildman–Crippen LogP) is 5.23. The molecule has 0 bridgehead atoms. The topological polar surface area (TPSA) is 44.8 Å². The summed E-state index contributed by atoms with van der Waals surface area (Å²) in [5, 5.41) is 2.98. The zero-order chi connectivity index (χ0) is 23.9. The number of amides is 2. The first-order valence-electron chi connectivity index (χ1n) is 11.5. The Morgan fingerprint density at radius 2 is 1.62 bits per heavy atom. The minimum Gasteiger partial charge on any atom is -0.367 e. The maximum atomic E-state index is 13.9. The molecule has 0 aromatic heterocycles. The Hall–Kier alpha value is -3.29. The summed E-state index contributed by atoms with van der Waals surface area (Å²) in [5.74, 6) is -1.76. The molecule has 1 aliphatic rings. The van der Waals surface area contributed by atoms with Crippen LogP contribution in [0.5, 0.6) is 0 Å². The molecule has 0 aliphatic carbocycles. The zero-order valence-corrected chi connectivity index (χ0v) is 19.2. The van der Waals surface area contributed by atoms with Crippen LogP contribution in [0.2, 0.25) is 0 Å². The number of para-hydroxylation sites is 1. The number of ether oxygens (including phenoxy) is 1. The molecule has 34 heavy (non-hydrogen) atoms. The van der Waals surface area contributed by atoms with Crippen molar-refractivity contribution in [3.05, 3.63) is 101 Å². The third-order valence-electron chi connectivity index (χ3n) is 6.09. The minimum atomic E-state index is -0.887. The molecule has 1 atom stereocenters. The molecule has 0 unspecified atom stereocenters. The summed E-state index contributed by atoms with van der Waals surface area (Å²) >= 11 is 0. The van der Waals surface area contributed by atoms with Crippen molar-refractivity contribution in [2.45, 2.75) is 13.0 Å². The Morgan fingerprint density at radius 1 is 0.912 bits per heavy atom. The van der Waals surface area contributed by atoms with Gasteiger partial charge in [-0.3, -0.25) is 4.90 Å². The van der Waals surface area contributed by atoms with Gasteiger partial charge in [0.1, 0.15) is 6.10 Å². The van der Waals surface area contributed by atoms with Gasteiger partial charge in [-0.1, -0.05) is 54.6 Å². The van der Waals surface area contributed by atoms with Gasteiger partial charge in [-0.25, -0.2) is 13.6 Å². The van der Waals surface area contributed by atoms with Crippen LogP contribution in [-0.4, -0.2) is 55.2 Å². The van der Waals surface area contributed by atoms with Crippen LogP contribution in [-0.2, 0) is 4.74 Å². The Balaban J connectivity index is 1.29. The fourth-order valence-corrected chi connectivity index (χ4v) is 4.07. The molecule has 3 aromatic rings. The van der Waals surface area contributed by atoms with Gasteiger partial charge in [0.15, 0.2) is 11.6 Å². The fraction of sp³-hybridized carbons (Fsp3) is 0.296. The smallest absolute Gasteiger partial charge is 0.321 e. The summed E-state index contributed by atoms with van der Waals surface area (Å²) in [6, 6.07) is 21.0. The van der Waals surface area contributed by atoms with Crippen molar-refractivity contribution in [1.29, 1.82) is 0 Å². The van der Waals surface area contributed by atoms with E-state index >= 15 is 0 Å². The highest BCUT2D eigenvalue weighted by Crippen LogP contribution is 2.27. The van der Waals surface area contributed by atoms with Crippen LogP contribution >= 0.6 is 0 Å². The number of hydrogen-bond donors (Lipinski definition) is 1. The summed E-state index contributed by atoms with van der Waals surface area (Å²) in [6.07, 6.45) is -0.488. The lowest BCUT2D eigenvalue weighted by molar-refractivity contribution is 0.0496. The Kier molecular flexibility index (Phi) is 7.87. The third-order valence-corrected chi connectivity index (χ3v) is 6.09. The lowest BCUT2D eigenvalue weighted by Crippen LogP contribution is -2.50. The van der Waals surface area contributed by atoms with Crippen molar-refractivity contribution in [1.82, 2.24) is 9.80 Å². The van der Waals surface area contributed by atoms with E-state index in [1.54, 1.807) is 6.07 Å². The summed E-state index contributed by atoms with van der Waals surface area (Å²) in [5.41, 5.74) is 3.31. The van der Waals surface area contributed by atoms with Crippen LogP contribution in [0.3, 0.4) is 0 Å². The molecule has 2 amide bonds. The number of urea groups is 1. The highest BCUT2D eigenvalue weighted by Gasteiger charge is 2.22. The van der Waals surface area contributed by atoms with E-state index in [2.05, 4.69) is 10.2 Å². The Morgan fingerprint density at radius 3 is 2.32 bits per heavy atom. The summed E-state index contributed by atoms with van der Waals surface area (Å²) in [6.45, 7) is 5.81. The van der Waals surface area contributed by atoms with Crippen LogP contribution in [0.15, 0.2) is 72.8 Å². The second kappa shape index (κ2) is 11.2. The number of anilines is 1. The van der Waals surface area contributed by atoms with Gasteiger partial charge < -0.3 is 15.0 Å². The summed E-state index contributed by atoms with van der Waals surface area (Å²) in [7, 11) is 0. The average Bonchev–Trinajstić information content (AvgIpc) is 2.86. The molecule has 1 fully saturated rings. The number of benzene rings is 3. The maximum absolute atomic E-state index is 13.9. The number of nitrogens with zero attached hydrogens (tertiary/aromatic N) is 2. The van der Waals surface area contributed by atoms with E-state index in [-0.39, 0.29) is 6.03 Å². The molecular weight excluding hydrogens is 436 g/mol.